The molecule has 1 atom stereocenters. The average Bonchev–Trinajstić information content (AvgIpc) is 3.03. The van der Waals surface area contributed by atoms with Gasteiger partial charge in [-0.2, -0.15) is 0 Å². The predicted octanol–water partition coefficient (Wildman–Crippen LogP) is 1.88. The van der Waals surface area contributed by atoms with E-state index in [4.69, 9.17) is 4.74 Å². The molecule has 0 unspecified atom stereocenters. The summed E-state index contributed by atoms with van der Waals surface area (Å²) in [7, 11) is -3.54. The van der Waals surface area contributed by atoms with Gasteiger partial charge in [-0.3, -0.25) is 9.79 Å². The van der Waals surface area contributed by atoms with E-state index in [0.717, 1.165) is 29.1 Å². The van der Waals surface area contributed by atoms with Gasteiger partial charge < -0.3 is 15.0 Å². The number of carbonyl (C=O) groups excluding carboxylic acids is 1. The molecule has 1 aromatic heterocycles. The molecule has 10 heteroatoms. The van der Waals surface area contributed by atoms with Gasteiger partial charge in [-0.15, -0.1) is 11.3 Å². The predicted molar refractivity (Wildman–Crippen MR) is 116 cm³/mol. The number of aryl methyl sites for hydroxylation is 2. The number of ether oxygens (including phenoxy) is 1. The lowest BCUT2D eigenvalue weighted by molar-refractivity contribution is -0.149. The third-order valence-corrected chi connectivity index (χ3v) is 7.31. The Labute approximate surface area is 177 Å². The molecule has 0 aromatic carbocycles. The van der Waals surface area contributed by atoms with Crippen molar-refractivity contribution >= 4 is 33.3 Å². The zero-order valence-corrected chi connectivity index (χ0v) is 19.3. The summed E-state index contributed by atoms with van der Waals surface area (Å²) in [6.45, 7) is 10.5. The van der Waals surface area contributed by atoms with Gasteiger partial charge in [0.2, 0.25) is 10.0 Å². The average molecular weight is 445 g/mol. The van der Waals surface area contributed by atoms with Crippen molar-refractivity contribution in [2.45, 2.75) is 45.4 Å². The van der Waals surface area contributed by atoms with Crippen molar-refractivity contribution in [1.82, 2.24) is 14.9 Å². The first-order valence-electron chi connectivity index (χ1n) is 10.0. The Balaban J connectivity index is 1.96. The van der Waals surface area contributed by atoms with Gasteiger partial charge in [0.1, 0.15) is 0 Å². The second-order valence-electron chi connectivity index (χ2n) is 6.95. The van der Waals surface area contributed by atoms with Crippen LogP contribution >= 0.6 is 11.3 Å². The molecule has 0 bridgehead atoms. The van der Waals surface area contributed by atoms with E-state index in [-0.39, 0.29) is 18.4 Å². The number of aliphatic imine (C=N–C) groups is 1. The van der Waals surface area contributed by atoms with Crippen LogP contribution in [0.25, 0.3) is 0 Å². The summed E-state index contributed by atoms with van der Waals surface area (Å²) in [6.07, 6.45) is 1.70. The summed E-state index contributed by atoms with van der Waals surface area (Å²) in [5.41, 5.74) is 0. The second-order valence-corrected chi connectivity index (χ2v) is 10.1. The van der Waals surface area contributed by atoms with Crippen molar-refractivity contribution < 1.29 is 17.9 Å². The lowest BCUT2D eigenvalue weighted by Gasteiger charge is -2.34. The fourth-order valence-corrected chi connectivity index (χ4v) is 5.92. The maximum Gasteiger partial charge on any atom is 0.310 e. The van der Waals surface area contributed by atoms with Crippen LogP contribution in [0.5, 0.6) is 0 Å². The summed E-state index contributed by atoms with van der Waals surface area (Å²) in [5, 5.41) is 3.23. The van der Waals surface area contributed by atoms with Gasteiger partial charge >= 0.3 is 5.97 Å². The Hall–Kier alpha value is -1.65. The van der Waals surface area contributed by atoms with Gasteiger partial charge in [0, 0.05) is 35.9 Å². The molecular formula is C19H32N4O4S2. The summed E-state index contributed by atoms with van der Waals surface area (Å²) in [4.78, 5) is 20.8. The van der Waals surface area contributed by atoms with Crippen molar-refractivity contribution in [2.75, 3.05) is 39.3 Å². The Kier molecular flexibility index (Phi) is 8.91. The lowest BCUT2D eigenvalue weighted by Crippen LogP contribution is -2.48. The van der Waals surface area contributed by atoms with Crippen molar-refractivity contribution in [2.24, 2.45) is 10.9 Å². The highest BCUT2D eigenvalue weighted by atomic mass is 32.2. The molecule has 0 spiro atoms. The van der Waals surface area contributed by atoms with Crippen LogP contribution in [0, 0.1) is 19.8 Å². The smallest absolute Gasteiger partial charge is 0.310 e. The first kappa shape index (κ1) is 23.6. The van der Waals surface area contributed by atoms with E-state index >= 15 is 0 Å². The molecule has 0 saturated carbocycles. The molecule has 1 saturated heterocycles. The van der Waals surface area contributed by atoms with Crippen LogP contribution in [0.2, 0.25) is 0 Å². The van der Waals surface area contributed by atoms with E-state index in [1.807, 2.05) is 27.7 Å². The van der Waals surface area contributed by atoms with Crippen LogP contribution in [0.3, 0.4) is 0 Å². The molecule has 8 nitrogen and oxygen atoms in total. The molecule has 1 fully saturated rings. The van der Waals surface area contributed by atoms with Gasteiger partial charge in [-0.05, 0) is 46.6 Å². The van der Waals surface area contributed by atoms with Crippen molar-refractivity contribution in [1.29, 1.82) is 0 Å². The standard InChI is InChI=1S/C19H32N4O4S2/c1-5-20-19(23-11-7-8-16(13-23)18(24)27-6-2)21-9-10-22-29(25,26)17-12-14(3)28-15(17)4/h12,16,22H,5-11,13H2,1-4H3,(H,20,21)/t16-/m1/s1. The van der Waals surface area contributed by atoms with Gasteiger partial charge in [0.05, 0.1) is 24.0 Å². The third kappa shape index (κ3) is 6.68. The zero-order valence-electron chi connectivity index (χ0n) is 17.7. The molecule has 0 radical (unpaired) electrons. The highest BCUT2D eigenvalue weighted by Gasteiger charge is 2.28. The minimum absolute atomic E-state index is 0.157. The van der Waals surface area contributed by atoms with Crippen molar-refractivity contribution in [3.63, 3.8) is 0 Å². The van der Waals surface area contributed by atoms with Crippen LogP contribution in [0.4, 0.5) is 0 Å². The lowest BCUT2D eigenvalue weighted by atomic mass is 9.98. The van der Waals surface area contributed by atoms with E-state index in [2.05, 4.69) is 19.9 Å². The Morgan fingerprint density at radius 2 is 2.14 bits per heavy atom. The first-order chi connectivity index (χ1) is 13.8. The number of piperidine rings is 1. The van der Waals surface area contributed by atoms with E-state index in [0.29, 0.717) is 37.1 Å². The normalized spacial score (nSPS) is 18.0. The molecule has 1 aromatic rings. The topological polar surface area (TPSA) is 100 Å². The molecule has 2 heterocycles. The Morgan fingerprint density at radius 3 is 2.76 bits per heavy atom. The van der Waals surface area contributed by atoms with E-state index < -0.39 is 10.0 Å². The minimum atomic E-state index is -3.54. The Bertz CT molecular complexity index is 820. The number of thiophene rings is 1. The number of guanidine groups is 1. The maximum atomic E-state index is 12.5. The van der Waals surface area contributed by atoms with Gasteiger partial charge in [-0.1, -0.05) is 0 Å². The molecule has 1 aliphatic rings. The largest absolute Gasteiger partial charge is 0.466 e. The number of likely N-dealkylation sites (tertiary alicyclic amines) is 1. The quantitative estimate of drug-likeness (QED) is 0.275. The Morgan fingerprint density at radius 1 is 1.38 bits per heavy atom. The molecule has 2 rings (SSSR count). The molecule has 2 N–H and O–H groups in total. The summed E-state index contributed by atoms with van der Waals surface area (Å²) in [5.74, 6) is 0.376. The van der Waals surface area contributed by atoms with Gasteiger partial charge in [-0.25, -0.2) is 13.1 Å². The van der Waals surface area contributed by atoms with Crippen LogP contribution < -0.4 is 10.0 Å². The number of hydrogen-bond acceptors (Lipinski definition) is 6. The fourth-order valence-electron chi connectivity index (χ4n) is 3.34. The summed E-state index contributed by atoms with van der Waals surface area (Å²) >= 11 is 1.47. The molecule has 0 aliphatic carbocycles. The molecule has 0 amide bonds. The van der Waals surface area contributed by atoms with E-state index in [1.54, 1.807) is 6.07 Å². The molecular weight excluding hydrogens is 412 g/mol. The molecule has 1 aliphatic heterocycles. The first-order valence-corrected chi connectivity index (χ1v) is 12.3. The SMILES string of the molecule is CCNC(=NCCNS(=O)(=O)c1cc(C)sc1C)N1CCC[C@@H](C(=O)OCC)C1. The van der Waals surface area contributed by atoms with Gasteiger partial charge in [0.15, 0.2) is 5.96 Å². The fraction of sp³-hybridized carbons (Fsp3) is 0.684. The number of rotatable bonds is 8. The number of esters is 1. The van der Waals surface area contributed by atoms with Crippen LogP contribution in [-0.4, -0.2) is 64.6 Å². The van der Waals surface area contributed by atoms with Crippen LogP contribution in [-0.2, 0) is 19.6 Å². The monoisotopic (exact) mass is 444 g/mol. The van der Waals surface area contributed by atoms with E-state index in [1.165, 1.54) is 11.3 Å². The highest BCUT2D eigenvalue weighted by Crippen LogP contribution is 2.24. The molecule has 164 valence electrons. The number of nitrogens with zero attached hydrogens (tertiary/aromatic N) is 2. The number of carbonyl (C=O) groups is 1. The van der Waals surface area contributed by atoms with Crippen molar-refractivity contribution in [3.8, 4) is 0 Å². The third-order valence-electron chi connectivity index (χ3n) is 4.63. The minimum Gasteiger partial charge on any atom is -0.466 e. The van der Waals surface area contributed by atoms with Crippen molar-refractivity contribution in [3.05, 3.63) is 15.8 Å². The van der Waals surface area contributed by atoms with Gasteiger partial charge in [0.25, 0.3) is 0 Å². The highest BCUT2D eigenvalue weighted by molar-refractivity contribution is 7.89. The number of nitrogens with one attached hydrogen (secondary N) is 2. The summed E-state index contributed by atoms with van der Waals surface area (Å²) < 4.78 is 32.8. The zero-order chi connectivity index (χ0) is 21.4. The van der Waals surface area contributed by atoms with Crippen LogP contribution in [0.15, 0.2) is 16.0 Å². The number of sulfonamides is 1. The van der Waals surface area contributed by atoms with Crippen LogP contribution in [0.1, 0.15) is 36.4 Å². The molecule has 29 heavy (non-hydrogen) atoms. The van der Waals surface area contributed by atoms with E-state index in [9.17, 15) is 13.2 Å². The second kappa shape index (κ2) is 10.9. The maximum absolute atomic E-state index is 12.5. The summed E-state index contributed by atoms with van der Waals surface area (Å²) in [6, 6.07) is 1.69. The number of hydrogen-bond donors (Lipinski definition) is 2.